The van der Waals surface area contributed by atoms with Gasteiger partial charge in [-0.2, -0.15) is 0 Å². The molecule has 0 radical (unpaired) electrons. The highest BCUT2D eigenvalue weighted by Gasteiger charge is 2.07. The third kappa shape index (κ3) is 3.54. The Balaban J connectivity index is 2.78. The fourth-order valence-electron chi connectivity index (χ4n) is 1.42. The molecule has 0 aromatic heterocycles. The lowest BCUT2D eigenvalue weighted by Crippen LogP contribution is -2.08. The number of anilines is 1. The highest BCUT2D eigenvalue weighted by Crippen LogP contribution is 2.22. The van der Waals surface area contributed by atoms with Crippen LogP contribution in [0.2, 0.25) is 0 Å². The third-order valence-corrected chi connectivity index (χ3v) is 2.33. The Hall–Kier alpha value is -1.05. The van der Waals surface area contributed by atoms with E-state index in [1.807, 2.05) is 19.9 Å². The van der Waals surface area contributed by atoms with Crippen molar-refractivity contribution in [2.75, 3.05) is 11.9 Å². The molecule has 0 aliphatic rings. The normalized spacial score (nSPS) is 11.1. The maximum atomic E-state index is 13.4. The molecule has 0 aliphatic heterocycles. The topological polar surface area (TPSA) is 12.0 Å². The van der Waals surface area contributed by atoms with E-state index in [2.05, 4.69) is 19.2 Å². The van der Waals surface area contributed by atoms with Crippen LogP contribution in [0.1, 0.15) is 39.2 Å². The molecule has 0 unspecified atom stereocenters. The van der Waals surface area contributed by atoms with Crippen LogP contribution in [-0.4, -0.2) is 6.54 Å². The van der Waals surface area contributed by atoms with Gasteiger partial charge in [0, 0.05) is 12.2 Å². The van der Waals surface area contributed by atoms with Crippen LogP contribution in [0.5, 0.6) is 0 Å². The van der Waals surface area contributed by atoms with Crippen LogP contribution in [0.4, 0.5) is 10.1 Å². The minimum absolute atomic E-state index is 0.111. The maximum absolute atomic E-state index is 13.4. The number of hydrogen-bond donors (Lipinski definition) is 1. The van der Waals surface area contributed by atoms with Gasteiger partial charge < -0.3 is 5.32 Å². The summed E-state index contributed by atoms with van der Waals surface area (Å²) in [4.78, 5) is 0. The molecule has 84 valence electrons. The van der Waals surface area contributed by atoms with Crippen molar-refractivity contribution in [3.8, 4) is 0 Å². The smallest absolute Gasteiger partial charge is 0.126 e. The van der Waals surface area contributed by atoms with Crippen molar-refractivity contribution in [3.63, 3.8) is 0 Å². The van der Waals surface area contributed by atoms with Gasteiger partial charge in [0.1, 0.15) is 5.82 Å². The first-order valence-corrected chi connectivity index (χ1v) is 5.54. The molecular formula is C13H20FN. The molecule has 0 amide bonds. The van der Waals surface area contributed by atoms with Gasteiger partial charge >= 0.3 is 0 Å². The Labute approximate surface area is 91.7 Å². The molecule has 0 fully saturated rings. The molecule has 0 saturated carbocycles. The average molecular weight is 209 g/mol. The Morgan fingerprint density at radius 2 is 1.87 bits per heavy atom. The summed E-state index contributed by atoms with van der Waals surface area (Å²) in [5.41, 5.74) is 1.79. The van der Waals surface area contributed by atoms with E-state index in [1.54, 1.807) is 6.07 Å². The van der Waals surface area contributed by atoms with Crippen molar-refractivity contribution in [1.82, 2.24) is 0 Å². The van der Waals surface area contributed by atoms with Gasteiger partial charge in [-0.3, -0.25) is 0 Å². The van der Waals surface area contributed by atoms with Crippen LogP contribution in [0, 0.1) is 11.7 Å². The quantitative estimate of drug-likeness (QED) is 0.789. The summed E-state index contributed by atoms with van der Waals surface area (Å²) in [7, 11) is 0. The second kappa shape index (κ2) is 5.15. The predicted octanol–water partition coefficient (Wildman–Crippen LogP) is 4.02. The van der Waals surface area contributed by atoms with Crippen molar-refractivity contribution in [2.45, 2.75) is 33.6 Å². The molecule has 1 N–H and O–H groups in total. The second-order valence-electron chi connectivity index (χ2n) is 4.67. The lowest BCUT2D eigenvalue weighted by atomic mass is 10.0. The van der Waals surface area contributed by atoms with Crippen LogP contribution >= 0.6 is 0 Å². The van der Waals surface area contributed by atoms with Gasteiger partial charge in [0.05, 0.1) is 0 Å². The SMILES string of the molecule is CC(C)CNc1ccc(F)c(C(C)C)c1. The molecule has 0 spiro atoms. The number of rotatable bonds is 4. The maximum Gasteiger partial charge on any atom is 0.126 e. The van der Waals surface area contributed by atoms with E-state index in [0.717, 1.165) is 17.8 Å². The molecule has 1 nitrogen and oxygen atoms in total. The summed E-state index contributed by atoms with van der Waals surface area (Å²) >= 11 is 0. The molecule has 1 rings (SSSR count). The van der Waals surface area contributed by atoms with Crippen molar-refractivity contribution in [3.05, 3.63) is 29.6 Å². The Kier molecular flexibility index (Phi) is 4.13. The zero-order valence-electron chi connectivity index (χ0n) is 9.97. The van der Waals surface area contributed by atoms with E-state index < -0.39 is 0 Å². The van der Waals surface area contributed by atoms with Crippen LogP contribution in [0.3, 0.4) is 0 Å². The van der Waals surface area contributed by atoms with Crippen LogP contribution in [-0.2, 0) is 0 Å². The monoisotopic (exact) mass is 209 g/mol. The number of benzene rings is 1. The standard InChI is InChI=1S/C13H20FN/c1-9(2)8-15-11-5-6-13(14)12(7-11)10(3)4/h5-7,9-10,15H,8H2,1-4H3. The summed E-state index contributed by atoms with van der Waals surface area (Å²) in [6, 6.07) is 5.24. The van der Waals surface area contributed by atoms with E-state index in [1.165, 1.54) is 6.07 Å². The predicted molar refractivity (Wildman–Crippen MR) is 63.8 cm³/mol. The van der Waals surface area contributed by atoms with Gasteiger partial charge in [-0.15, -0.1) is 0 Å². The van der Waals surface area contributed by atoms with Crippen molar-refractivity contribution in [2.24, 2.45) is 5.92 Å². The fourth-order valence-corrected chi connectivity index (χ4v) is 1.42. The van der Waals surface area contributed by atoms with Gasteiger partial charge in [0.15, 0.2) is 0 Å². The number of nitrogens with one attached hydrogen (secondary N) is 1. The lowest BCUT2D eigenvalue weighted by Gasteiger charge is -2.12. The van der Waals surface area contributed by atoms with Gasteiger partial charge in [0.2, 0.25) is 0 Å². The minimum Gasteiger partial charge on any atom is -0.385 e. The minimum atomic E-state index is -0.111. The summed E-state index contributed by atoms with van der Waals surface area (Å²) in [6.45, 7) is 9.23. The van der Waals surface area contributed by atoms with E-state index in [9.17, 15) is 4.39 Å². The summed E-state index contributed by atoms with van der Waals surface area (Å²) in [5.74, 6) is 0.712. The Morgan fingerprint density at radius 3 is 2.40 bits per heavy atom. The zero-order chi connectivity index (χ0) is 11.4. The van der Waals surface area contributed by atoms with Crippen molar-refractivity contribution < 1.29 is 4.39 Å². The molecule has 1 aromatic rings. The third-order valence-electron chi connectivity index (χ3n) is 2.33. The van der Waals surface area contributed by atoms with Crippen LogP contribution in [0.15, 0.2) is 18.2 Å². The summed E-state index contributed by atoms with van der Waals surface area (Å²) in [5, 5.41) is 3.30. The van der Waals surface area contributed by atoms with E-state index in [0.29, 0.717) is 5.92 Å². The first-order chi connectivity index (χ1) is 7.00. The summed E-state index contributed by atoms with van der Waals surface area (Å²) in [6.07, 6.45) is 0. The molecule has 0 aliphatic carbocycles. The van der Waals surface area contributed by atoms with E-state index in [-0.39, 0.29) is 11.7 Å². The van der Waals surface area contributed by atoms with Crippen molar-refractivity contribution in [1.29, 1.82) is 0 Å². The highest BCUT2D eigenvalue weighted by molar-refractivity contribution is 5.47. The molecule has 0 saturated heterocycles. The first kappa shape index (κ1) is 12.0. The molecule has 15 heavy (non-hydrogen) atoms. The highest BCUT2D eigenvalue weighted by atomic mass is 19.1. The molecule has 0 heterocycles. The molecule has 2 heteroatoms. The average Bonchev–Trinajstić information content (AvgIpc) is 2.16. The Bertz CT molecular complexity index is 318. The molecular weight excluding hydrogens is 189 g/mol. The number of halogens is 1. The molecule has 1 aromatic carbocycles. The fraction of sp³-hybridized carbons (Fsp3) is 0.538. The van der Waals surface area contributed by atoms with E-state index in [4.69, 9.17) is 0 Å². The van der Waals surface area contributed by atoms with Crippen LogP contribution in [0.25, 0.3) is 0 Å². The van der Waals surface area contributed by atoms with E-state index >= 15 is 0 Å². The largest absolute Gasteiger partial charge is 0.385 e. The summed E-state index contributed by atoms with van der Waals surface area (Å²) < 4.78 is 13.4. The molecule has 0 bridgehead atoms. The lowest BCUT2D eigenvalue weighted by molar-refractivity contribution is 0.598. The van der Waals surface area contributed by atoms with Gasteiger partial charge in [0.25, 0.3) is 0 Å². The first-order valence-electron chi connectivity index (χ1n) is 5.54. The molecule has 0 atom stereocenters. The Morgan fingerprint density at radius 1 is 1.20 bits per heavy atom. The number of hydrogen-bond acceptors (Lipinski definition) is 1. The zero-order valence-corrected chi connectivity index (χ0v) is 9.97. The van der Waals surface area contributed by atoms with Crippen LogP contribution < -0.4 is 5.32 Å². The van der Waals surface area contributed by atoms with Gasteiger partial charge in [-0.1, -0.05) is 27.7 Å². The van der Waals surface area contributed by atoms with Gasteiger partial charge in [-0.25, -0.2) is 4.39 Å². The van der Waals surface area contributed by atoms with Gasteiger partial charge in [-0.05, 0) is 35.6 Å². The van der Waals surface area contributed by atoms with Crippen molar-refractivity contribution >= 4 is 5.69 Å². The second-order valence-corrected chi connectivity index (χ2v) is 4.67.